The van der Waals surface area contributed by atoms with Crippen LogP contribution in [0, 0.1) is 0 Å². The maximum atomic E-state index is 12.1. The maximum absolute atomic E-state index is 12.1. The van der Waals surface area contributed by atoms with Crippen molar-refractivity contribution in [1.82, 2.24) is 4.90 Å². The lowest BCUT2D eigenvalue weighted by Gasteiger charge is -2.34. The van der Waals surface area contributed by atoms with Gasteiger partial charge in [0.25, 0.3) is 0 Å². The Morgan fingerprint density at radius 3 is 2.86 bits per heavy atom. The molecule has 2 atom stereocenters. The molecule has 0 aromatic heterocycles. The van der Waals surface area contributed by atoms with Gasteiger partial charge in [-0.3, -0.25) is 9.69 Å². The molecular formula is C15H20BrClN2O2. The summed E-state index contributed by atoms with van der Waals surface area (Å²) in [4.78, 5) is 14.0. The monoisotopic (exact) mass is 374 g/mol. The summed E-state index contributed by atoms with van der Waals surface area (Å²) in [5, 5.41) is 13.3. The number of rotatable bonds is 4. The zero-order chi connectivity index (χ0) is 15.4. The van der Waals surface area contributed by atoms with Crippen molar-refractivity contribution < 1.29 is 9.90 Å². The lowest BCUT2D eigenvalue weighted by molar-refractivity contribution is -0.118. The van der Waals surface area contributed by atoms with Gasteiger partial charge >= 0.3 is 0 Å². The van der Waals surface area contributed by atoms with Crippen molar-refractivity contribution in [2.24, 2.45) is 0 Å². The van der Waals surface area contributed by atoms with E-state index in [9.17, 15) is 9.90 Å². The molecule has 2 N–H and O–H groups in total. The average Bonchev–Trinajstić information content (AvgIpc) is 2.42. The number of amides is 1. The largest absolute Gasteiger partial charge is 0.391 e. The van der Waals surface area contributed by atoms with Crippen LogP contribution in [0.25, 0.3) is 0 Å². The highest BCUT2D eigenvalue weighted by atomic mass is 79.9. The third-order valence-corrected chi connectivity index (χ3v) is 4.66. The minimum atomic E-state index is -0.340. The molecule has 21 heavy (non-hydrogen) atoms. The maximum Gasteiger partial charge on any atom is 0.238 e. The Balaban J connectivity index is 1.91. The van der Waals surface area contributed by atoms with Crippen LogP contribution in [0.15, 0.2) is 22.7 Å². The number of anilines is 1. The van der Waals surface area contributed by atoms with Crippen molar-refractivity contribution in [3.63, 3.8) is 0 Å². The molecule has 116 valence electrons. The van der Waals surface area contributed by atoms with Crippen LogP contribution >= 0.6 is 27.5 Å². The van der Waals surface area contributed by atoms with Gasteiger partial charge in [-0.15, -0.1) is 0 Å². The minimum Gasteiger partial charge on any atom is -0.391 e. The van der Waals surface area contributed by atoms with Crippen molar-refractivity contribution in [1.29, 1.82) is 0 Å². The van der Waals surface area contributed by atoms with Gasteiger partial charge in [0.2, 0.25) is 5.91 Å². The van der Waals surface area contributed by atoms with Gasteiger partial charge in [0.05, 0.1) is 23.4 Å². The number of likely N-dealkylation sites (N-methyl/N-ethyl adjacent to an activating group) is 1. The van der Waals surface area contributed by atoms with Gasteiger partial charge in [-0.1, -0.05) is 40.4 Å². The average molecular weight is 376 g/mol. The topological polar surface area (TPSA) is 52.6 Å². The van der Waals surface area contributed by atoms with Crippen LogP contribution < -0.4 is 5.32 Å². The van der Waals surface area contributed by atoms with Crippen LogP contribution in [-0.2, 0) is 4.79 Å². The predicted molar refractivity (Wildman–Crippen MR) is 88.7 cm³/mol. The molecule has 0 saturated heterocycles. The summed E-state index contributed by atoms with van der Waals surface area (Å²) in [7, 11) is 1.88. The molecule has 1 aliphatic rings. The molecule has 0 heterocycles. The van der Waals surface area contributed by atoms with E-state index in [1.807, 2.05) is 18.0 Å². The molecule has 1 fully saturated rings. The minimum absolute atomic E-state index is 0.0601. The smallest absolute Gasteiger partial charge is 0.238 e. The summed E-state index contributed by atoms with van der Waals surface area (Å²) in [6.07, 6.45) is 3.57. The number of halogens is 2. The van der Waals surface area contributed by atoms with Crippen LogP contribution in [0.1, 0.15) is 25.7 Å². The Bertz CT molecular complexity index is 512. The number of carbonyl (C=O) groups excluding carboxylic acids is 1. The molecule has 0 aliphatic heterocycles. The molecule has 0 radical (unpaired) electrons. The Kier molecular flexibility index (Phi) is 6.05. The van der Waals surface area contributed by atoms with E-state index in [0.29, 0.717) is 10.7 Å². The van der Waals surface area contributed by atoms with E-state index in [1.54, 1.807) is 12.1 Å². The number of carbonyl (C=O) groups is 1. The molecule has 2 unspecified atom stereocenters. The summed E-state index contributed by atoms with van der Waals surface area (Å²) >= 11 is 9.41. The number of nitrogens with zero attached hydrogens (tertiary/aromatic N) is 1. The van der Waals surface area contributed by atoms with E-state index in [-0.39, 0.29) is 24.6 Å². The molecule has 1 saturated carbocycles. The quantitative estimate of drug-likeness (QED) is 0.849. The van der Waals surface area contributed by atoms with E-state index < -0.39 is 0 Å². The van der Waals surface area contributed by atoms with Crippen LogP contribution in [0.2, 0.25) is 5.02 Å². The van der Waals surface area contributed by atoms with E-state index in [1.165, 1.54) is 0 Å². The van der Waals surface area contributed by atoms with Gasteiger partial charge in [0.1, 0.15) is 0 Å². The molecule has 1 aromatic rings. The fourth-order valence-electron chi connectivity index (χ4n) is 2.73. The fraction of sp³-hybridized carbons (Fsp3) is 0.533. The summed E-state index contributed by atoms with van der Waals surface area (Å²) in [5.41, 5.74) is 0.599. The highest BCUT2D eigenvalue weighted by Gasteiger charge is 2.27. The Morgan fingerprint density at radius 2 is 2.19 bits per heavy atom. The third-order valence-electron chi connectivity index (χ3n) is 3.86. The van der Waals surface area contributed by atoms with Gasteiger partial charge in [0.15, 0.2) is 0 Å². The van der Waals surface area contributed by atoms with Crippen LogP contribution in [-0.4, -0.2) is 41.7 Å². The normalized spacial score (nSPS) is 22.3. The van der Waals surface area contributed by atoms with Crippen molar-refractivity contribution in [2.75, 3.05) is 18.9 Å². The van der Waals surface area contributed by atoms with Crippen molar-refractivity contribution in [3.8, 4) is 0 Å². The Labute approximate surface area is 138 Å². The number of hydrogen-bond acceptors (Lipinski definition) is 3. The highest BCUT2D eigenvalue weighted by molar-refractivity contribution is 9.10. The molecular weight excluding hydrogens is 356 g/mol. The Hall–Kier alpha value is -0.620. The van der Waals surface area contributed by atoms with E-state index in [0.717, 1.165) is 30.2 Å². The molecule has 6 heteroatoms. The van der Waals surface area contributed by atoms with E-state index in [2.05, 4.69) is 21.2 Å². The molecule has 4 nitrogen and oxygen atoms in total. The van der Waals surface area contributed by atoms with Crippen LogP contribution in [0.4, 0.5) is 5.69 Å². The van der Waals surface area contributed by atoms with Crippen molar-refractivity contribution in [3.05, 3.63) is 27.7 Å². The van der Waals surface area contributed by atoms with Crippen molar-refractivity contribution in [2.45, 2.75) is 37.8 Å². The molecule has 1 amide bonds. The van der Waals surface area contributed by atoms with Gasteiger partial charge in [0, 0.05) is 10.5 Å². The standard InChI is InChI=1S/C15H20BrClN2O2/c1-19(13-4-2-3-5-14(13)20)9-15(21)18-12-7-6-10(16)8-11(12)17/h6-8,13-14,20H,2-5,9H2,1H3,(H,18,21). The Morgan fingerprint density at radius 1 is 1.48 bits per heavy atom. The van der Waals surface area contributed by atoms with Gasteiger partial charge in [-0.2, -0.15) is 0 Å². The van der Waals surface area contributed by atoms with E-state index >= 15 is 0 Å². The second kappa shape index (κ2) is 7.58. The number of aliphatic hydroxyl groups excluding tert-OH is 1. The first-order valence-electron chi connectivity index (χ1n) is 7.10. The fourth-order valence-corrected chi connectivity index (χ4v) is 3.45. The van der Waals surface area contributed by atoms with Crippen LogP contribution in [0.5, 0.6) is 0 Å². The van der Waals surface area contributed by atoms with Crippen LogP contribution in [0.3, 0.4) is 0 Å². The van der Waals surface area contributed by atoms with Gasteiger partial charge in [-0.05, 0) is 38.1 Å². The highest BCUT2D eigenvalue weighted by Crippen LogP contribution is 2.26. The predicted octanol–water partition coefficient (Wildman–Crippen LogP) is 3.28. The summed E-state index contributed by atoms with van der Waals surface area (Å²) in [6.45, 7) is 0.244. The van der Waals surface area contributed by atoms with Gasteiger partial charge in [-0.25, -0.2) is 0 Å². The molecule has 1 aromatic carbocycles. The second-order valence-electron chi connectivity index (χ2n) is 5.51. The molecule has 0 spiro atoms. The number of benzene rings is 1. The SMILES string of the molecule is CN(CC(=O)Nc1ccc(Br)cc1Cl)C1CCCCC1O. The number of hydrogen-bond donors (Lipinski definition) is 2. The summed E-state index contributed by atoms with van der Waals surface area (Å²) in [6, 6.07) is 5.40. The first kappa shape index (κ1) is 16.7. The lowest BCUT2D eigenvalue weighted by Crippen LogP contribution is -2.46. The molecule has 0 bridgehead atoms. The van der Waals surface area contributed by atoms with Crippen molar-refractivity contribution >= 4 is 39.1 Å². The number of aliphatic hydroxyl groups is 1. The third kappa shape index (κ3) is 4.68. The molecule has 1 aliphatic carbocycles. The summed E-state index contributed by atoms with van der Waals surface area (Å²) < 4.78 is 0.868. The summed E-state index contributed by atoms with van der Waals surface area (Å²) in [5.74, 6) is -0.125. The second-order valence-corrected chi connectivity index (χ2v) is 6.83. The first-order chi connectivity index (χ1) is 9.97. The lowest BCUT2D eigenvalue weighted by atomic mass is 9.91. The molecule has 2 rings (SSSR count). The number of nitrogens with one attached hydrogen (secondary N) is 1. The zero-order valence-corrected chi connectivity index (χ0v) is 14.3. The van der Waals surface area contributed by atoms with Gasteiger partial charge < -0.3 is 10.4 Å². The zero-order valence-electron chi connectivity index (χ0n) is 12.0. The van der Waals surface area contributed by atoms with E-state index in [4.69, 9.17) is 11.6 Å². The first-order valence-corrected chi connectivity index (χ1v) is 8.27.